The summed E-state index contributed by atoms with van der Waals surface area (Å²) in [4.78, 5) is 13.2. The summed E-state index contributed by atoms with van der Waals surface area (Å²) in [6.07, 6.45) is 1.26. The monoisotopic (exact) mass is 408 g/mol. The highest BCUT2D eigenvalue weighted by molar-refractivity contribution is 7.79. The van der Waals surface area contributed by atoms with Crippen LogP contribution in [0.5, 0.6) is 5.75 Å². The summed E-state index contributed by atoms with van der Waals surface area (Å²) in [5, 5.41) is 9.01. The van der Waals surface area contributed by atoms with E-state index < -0.39 is 22.4 Å². The van der Waals surface area contributed by atoms with Gasteiger partial charge in [0.25, 0.3) is 0 Å². The number of hydrogen-bond donors (Lipinski definition) is 1. The van der Waals surface area contributed by atoms with Crippen molar-refractivity contribution in [1.82, 2.24) is 4.90 Å². The molecule has 1 N–H and O–H groups in total. The summed E-state index contributed by atoms with van der Waals surface area (Å²) < 4.78 is 29.7. The molecular weight excluding hydrogens is 390 g/mol. The summed E-state index contributed by atoms with van der Waals surface area (Å²) in [6.45, 7) is 0.982. The first-order chi connectivity index (χ1) is 13.0. The van der Waals surface area contributed by atoms with Gasteiger partial charge in [-0.05, 0) is 59.8 Å². The molecule has 0 amide bonds. The number of aromatic carboxylic acids is 1. The second kappa shape index (κ2) is 8.84. The highest BCUT2D eigenvalue weighted by Crippen LogP contribution is 2.30. The van der Waals surface area contributed by atoms with Crippen LogP contribution in [0.25, 0.3) is 0 Å². The van der Waals surface area contributed by atoms with Gasteiger partial charge in [-0.1, -0.05) is 29.8 Å². The number of rotatable bonds is 6. The SMILES string of the molecule is O=C(O)c1ccccc1C(N1CCC(Oc2ccc(Cl)cc2)CC1)S(=O)[O-]. The van der Waals surface area contributed by atoms with Crippen molar-refractivity contribution in [2.45, 2.75) is 24.3 Å². The van der Waals surface area contributed by atoms with E-state index in [2.05, 4.69) is 0 Å². The molecule has 27 heavy (non-hydrogen) atoms. The number of carboxylic acids is 1. The molecule has 2 atom stereocenters. The third-order valence-corrected chi connectivity index (χ3v) is 5.73. The fraction of sp³-hybridized carbons (Fsp3) is 0.316. The van der Waals surface area contributed by atoms with Gasteiger partial charge in [0.05, 0.1) is 10.9 Å². The summed E-state index contributed by atoms with van der Waals surface area (Å²) in [6, 6.07) is 13.3. The third kappa shape index (κ3) is 4.87. The smallest absolute Gasteiger partial charge is 0.336 e. The molecule has 0 bridgehead atoms. The van der Waals surface area contributed by atoms with E-state index in [1.165, 1.54) is 6.07 Å². The summed E-state index contributed by atoms with van der Waals surface area (Å²) >= 11 is 3.40. The van der Waals surface area contributed by atoms with Crippen LogP contribution in [-0.4, -0.2) is 43.9 Å². The summed E-state index contributed by atoms with van der Waals surface area (Å²) in [7, 11) is 0. The number of halogens is 1. The molecule has 0 spiro atoms. The number of piperidine rings is 1. The summed E-state index contributed by atoms with van der Waals surface area (Å²) in [5.41, 5.74) is 0.293. The van der Waals surface area contributed by atoms with Gasteiger partial charge < -0.3 is 14.4 Å². The standard InChI is InChI=1S/C19H20ClNO5S/c20-13-5-7-14(8-6-13)26-15-9-11-21(12-10-15)18(27(24)25)16-3-1-2-4-17(16)19(22)23/h1-8,15,18H,9-12H2,(H,22,23)(H,24,25)/p-1. The minimum atomic E-state index is -2.47. The Labute approximate surface area is 165 Å². The lowest BCUT2D eigenvalue weighted by Gasteiger charge is -2.38. The van der Waals surface area contributed by atoms with E-state index in [0.717, 1.165) is 5.75 Å². The molecule has 0 saturated carbocycles. The maximum Gasteiger partial charge on any atom is 0.336 e. The Morgan fingerprint density at radius 1 is 1.19 bits per heavy atom. The molecule has 0 aliphatic carbocycles. The number of nitrogens with zero attached hydrogens (tertiary/aromatic N) is 1. The van der Waals surface area contributed by atoms with Gasteiger partial charge in [-0.3, -0.25) is 9.11 Å². The van der Waals surface area contributed by atoms with Gasteiger partial charge in [0, 0.05) is 18.1 Å². The van der Waals surface area contributed by atoms with Crippen LogP contribution in [0.1, 0.15) is 34.1 Å². The first-order valence-corrected chi connectivity index (χ1v) is 10.0. The summed E-state index contributed by atoms with van der Waals surface area (Å²) in [5.74, 6) is -0.417. The molecule has 2 aromatic rings. The zero-order valence-corrected chi connectivity index (χ0v) is 16.0. The number of ether oxygens (including phenoxy) is 1. The minimum Gasteiger partial charge on any atom is -0.771 e. The topological polar surface area (TPSA) is 89.9 Å². The number of benzene rings is 2. The molecule has 0 radical (unpaired) electrons. The van der Waals surface area contributed by atoms with Crippen molar-refractivity contribution < 1.29 is 23.4 Å². The van der Waals surface area contributed by atoms with Crippen molar-refractivity contribution in [2.75, 3.05) is 13.1 Å². The van der Waals surface area contributed by atoms with Crippen molar-refractivity contribution in [3.8, 4) is 5.75 Å². The molecule has 144 valence electrons. The molecule has 6 nitrogen and oxygen atoms in total. The second-order valence-electron chi connectivity index (χ2n) is 6.31. The number of hydrogen-bond acceptors (Lipinski definition) is 5. The molecule has 1 fully saturated rings. The molecule has 1 aliphatic rings. The normalized spacial score (nSPS) is 18.0. The maximum atomic E-state index is 11.9. The molecule has 1 aliphatic heterocycles. The largest absolute Gasteiger partial charge is 0.771 e. The highest BCUT2D eigenvalue weighted by Gasteiger charge is 2.30. The van der Waals surface area contributed by atoms with Crippen molar-refractivity contribution in [3.05, 3.63) is 64.7 Å². The molecule has 1 heterocycles. The van der Waals surface area contributed by atoms with Crippen LogP contribution in [-0.2, 0) is 11.1 Å². The number of carbonyl (C=O) groups is 1. The first kappa shape index (κ1) is 19.8. The predicted octanol–water partition coefficient (Wildman–Crippen LogP) is 3.46. The van der Waals surface area contributed by atoms with Gasteiger partial charge in [-0.25, -0.2) is 4.79 Å². The Bertz CT molecular complexity index is 821. The Balaban J connectivity index is 1.70. The van der Waals surface area contributed by atoms with Gasteiger partial charge in [0.1, 0.15) is 11.9 Å². The predicted molar refractivity (Wildman–Crippen MR) is 102 cm³/mol. The molecule has 8 heteroatoms. The van der Waals surface area contributed by atoms with Gasteiger partial charge in [-0.15, -0.1) is 0 Å². The fourth-order valence-electron chi connectivity index (χ4n) is 3.26. The first-order valence-electron chi connectivity index (χ1n) is 8.52. The van der Waals surface area contributed by atoms with Crippen LogP contribution >= 0.6 is 11.6 Å². The van der Waals surface area contributed by atoms with Crippen LogP contribution < -0.4 is 4.74 Å². The van der Waals surface area contributed by atoms with E-state index in [9.17, 15) is 18.7 Å². The molecule has 3 rings (SSSR count). The van der Waals surface area contributed by atoms with Crippen molar-refractivity contribution >= 4 is 28.7 Å². The Morgan fingerprint density at radius 2 is 1.81 bits per heavy atom. The van der Waals surface area contributed by atoms with Gasteiger partial charge in [-0.2, -0.15) is 0 Å². The van der Waals surface area contributed by atoms with Crippen molar-refractivity contribution in [3.63, 3.8) is 0 Å². The van der Waals surface area contributed by atoms with Crippen LogP contribution in [0, 0.1) is 0 Å². The van der Waals surface area contributed by atoms with Crippen molar-refractivity contribution in [1.29, 1.82) is 0 Å². The van der Waals surface area contributed by atoms with Gasteiger partial charge >= 0.3 is 5.97 Å². The lowest BCUT2D eigenvalue weighted by molar-refractivity contribution is 0.0688. The lowest BCUT2D eigenvalue weighted by Crippen LogP contribution is -2.42. The zero-order chi connectivity index (χ0) is 19.4. The van der Waals surface area contributed by atoms with Gasteiger partial charge in [0.15, 0.2) is 0 Å². The maximum absolute atomic E-state index is 11.9. The fourth-order valence-corrected chi connectivity index (χ4v) is 4.26. The second-order valence-corrected chi connectivity index (χ2v) is 7.72. The molecular formula is C19H19ClNO5S-. The highest BCUT2D eigenvalue weighted by atomic mass is 35.5. The lowest BCUT2D eigenvalue weighted by atomic mass is 10.0. The van der Waals surface area contributed by atoms with Crippen LogP contribution in [0.2, 0.25) is 5.02 Å². The van der Waals surface area contributed by atoms with Crippen LogP contribution in [0.3, 0.4) is 0 Å². The van der Waals surface area contributed by atoms with E-state index in [1.54, 1.807) is 47.4 Å². The van der Waals surface area contributed by atoms with E-state index in [4.69, 9.17) is 16.3 Å². The minimum absolute atomic E-state index is 0.00578. The Kier molecular flexibility index (Phi) is 6.49. The van der Waals surface area contributed by atoms with Crippen LogP contribution in [0.15, 0.2) is 48.5 Å². The Hall–Kier alpha value is -1.93. The van der Waals surface area contributed by atoms with Crippen molar-refractivity contribution in [2.24, 2.45) is 0 Å². The van der Waals surface area contributed by atoms with Gasteiger partial charge in [0.2, 0.25) is 0 Å². The van der Waals surface area contributed by atoms with E-state index in [-0.39, 0.29) is 17.2 Å². The zero-order valence-electron chi connectivity index (χ0n) is 14.4. The molecule has 2 aromatic carbocycles. The average molecular weight is 409 g/mol. The quantitative estimate of drug-likeness (QED) is 0.736. The average Bonchev–Trinajstić information content (AvgIpc) is 2.65. The molecule has 1 saturated heterocycles. The molecule has 2 unspecified atom stereocenters. The van der Waals surface area contributed by atoms with E-state index in [0.29, 0.717) is 31.0 Å². The molecule has 0 aromatic heterocycles. The Morgan fingerprint density at radius 3 is 2.41 bits per heavy atom. The van der Waals surface area contributed by atoms with E-state index >= 15 is 0 Å². The van der Waals surface area contributed by atoms with Crippen LogP contribution in [0.4, 0.5) is 0 Å². The third-order valence-electron chi connectivity index (χ3n) is 4.56. The van der Waals surface area contributed by atoms with E-state index in [1.807, 2.05) is 0 Å². The number of likely N-dealkylation sites (tertiary alicyclic amines) is 1. The number of carboxylic acid groups (broad SMARTS) is 1.